The van der Waals surface area contributed by atoms with Crippen LogP contribution >= 0.6 is 0 Å². The van der Waals surface area contributed by atoms with E-state index < -0.39 is 0 Å². The lowest BCUT2D eigenvalue weighted by molar-refractivity contribution is 0.134. The molecular formula is C21H29N5O. The summed E-state index contributed by atoms with van der Waals surface area (Å²) in [6.45, 7) is 6.56. The summed E-state index contributed by atoms with van der Waals surface area (Å²) in [5.41, 5.74) is 6.48. The van der Waals surface area contributed by atoms with Crippen LogP contribution in [-0.2, 0) is 37.3 Å². The molecule has 6 nitrogen and oxygen atoms in total. The zero-order valence-corrected chi connectivity index (χ0v) is 16.5. The van der Waals surface area contributed by atoms with Gasteiger partial charge < -0.3 is 15.4 Å². The Morgan fingerprint density at radius 2 is 2.15 bits per heavy atom. The number of hydrogen-bond donors (Lipinski definition) is 2. The van der Waals surface area contributed by atoms with Gasteiger partial charge in [-0.1, -0.05) is 18.2 Å². The Morgan fingerprint density at radius 3 is 2.96 bits per heavy atom. The molecule has 1 unspecified atom stereocenters. The van der Waals surface area contributed by atoms with Gasteiger partial charge in [0.2, 0.25) is 0 Å². The predicted molar refractivity (Wildman–Crippen MR) is 107 cm³/mol. The molecule has 4 rings (SSSR count). The standard InChI is InChI=1S/C21H29N5O/c1-14(2)26-11-16-6-7-19(9-20(16)25-26)24-21(22-3)23-10-15-4-5-17-12-27-13-18(17)8-15/h4-5,8,11,14,19H,6-7,9-10,12-13H2,1-3H3,(H2,22,23,24). The van der Waals surface area contributed by atoms with Crippen molar-refractivity contribution in [3.05, 3.63) is 52.3 Å². The summed E-state index contributed by atoms with van der Waals surface area (Å²) in [5.74, 6) is 0.850. The molecule has 0 bridgehead atoms. The van der Waals surface area contributed by atoms with Gasteiger partial charge in [-0.25, -0.2) is 0 Å². The third-order valence-electron chi connectivity index (χ3n) is 5.44. The third kappa shape index (κ3) is 4.00. The quantitative estimate of drug-likeness (QED) is 0.644. The summed E-state index contributed by atoms with van der Waals surface area (Å²) >= 11 is 0. The van der Waals surface area contributed by atoms with E-state index in [9.17, 15) is 0 Å². The minimum atomic E-state index is 0.368. The van der Waals surface area contributed by atoms with Gasteiger partial charge in [0.05, 0.1) is 18.9 Å². The number of guanidine groups is 1. The monoisotopic (exact) mass is 367 g/mol. The SMILES string of the molecule is CN=C(NCc1ccc2c(c1)COC2)NC1CCc2cn(C(C)C)nc2C1. The molecule has 0 saturated carbocycles. The second-order valence-electron chi connectivity index (χ2n) is 7.78. The van der Waals surface area contributed by atoms with Crippen LogP contribution in [0.2, 0.25) is 0 Å². The van der Waals surface area contributed by atoms with Crippen molar-refractivity contribution in [2.75, 3.05) is 7.05 Å². The maximum absolute atomic E-state index is 5.50. The van der Waals surface area contributed by atoms with E-state index in [0.29, 0.717) is 12.1 Å². The molecule has 2 heterocycles. The second-order valence-corrected chi connectivity index (χ2v) is 7.78. The lowest BCUT2D eigenvalue weighted by Gasteiger charge is -2.24. The van der Waals surface area contributed by atoms with Crippen LogP contribution in [0.25, 0.3) is 0 Å². The average Bonchev–Trinajstić information content (AvgIpc) is 3.30. The molecule has 2 aliphatic rings. The van der Waals surface area contributed by atoms with Crippen LogP contribution in [0.1, 0.15) is 54.3 Å². The molecule has 1 aliphatic carbocycles. The van der Waals surface area contributed by atoms with Crippen LogP contribution in [0.3, 0.4) is 0 Å². The van der Waals surface area contributed by atoms with Gasteiger partial charge in [0.15, 0.2) is 5.96 Å². The van der Waals surface area contributed by atoms with E-state index in [4.69, 9.17) is 9.84 Å². The molecule has 0 amide bonds. The molecule has 2 N–H and O–H groups in total. The van der Waals surface area contributed by atoms with Gasteiger partial charge in [-0.15, -0.1) is 0 Å². The molecule has 1 atom stereocenters. The largest absolute Gasteiger partial charge is 0.372 e. The van der Waals surface area contributed by atoms with Crippen molar-refractivity contribution in [2.24, 2.45) is 4.99 Å². The first-order chi connectivity index (χ1) is 13.1. The van der Waals surface area contributed by atoms with Crippen LogP contribution in [0.4, 0.5) is 0 Å². The topological polar surface area (TPSA) is 63.5 Å². The van der Waals surface area contributed by atoms with Crippen molar-refractivity contribution in [3.63, 3.8) is 0 Å². The van der Waals surface area contributed by atoms with E-state index in [1.807, 2.05) is 7.05 Å². The maximum atomic E-state index is 5.50. The van der Waals surface area contributed by atoms with Gasteiger partial charge in [0, 0.05) is 38.3 Å². The molecule has 0 saturated heterocycles. The minimum Gasteiger partial charge on any atom is -0.372 e. The van der Waals surface area contributed by atoms with Gasteiger partial charge in [0.25, 0.3) is 0 Å². The zero-order valence-electron chi connectivity index (χ0n) is 16.5. The van der Waals surface area contributed by atoms with E-state index in [1.165, 1.54) is 27.9 Å². The lowest BCUT2D eigenvalue weighted by atomic mass is 9.94. The number of aromatic nitrogens is 2. The van der Waals surface area contributed by atoms with E-state index in [0.717, 1.165) is 45.0 Å². The highest BCUT2D eigenvalue weighted by Crippen LogP contribution is 2.22. The molecular weight excluding hydrogens is 338 g/mol. The van der Waals surface area contributed by atoms with E-state index in [-0.39, 0.29) is 0 Å². The van der Waals surface area contributed by atoms with Gasteiger partial charge in [-0.3, -0.25) is 9.67 Å². The van der Waals surface area contributed by atoms with Crippen molar-refractivity contribution in [1.29, 1.82) is 0 Å². The van der Waals surface area contributed by atoms with Crippen LogP contribution < -0.4 is 10.6 Å². The second kappa shape index (κ2) is 7.72. The molecule has 1 aromatic heterocycles. The fraction of sp³-hybridized carbons (Fsp3) is 0.524. The van der Waals surface area contributed by atoms with E-state index in [2.05, 4.69) is 58.6 Å². The summed E-state index contributed by atoms with van der Waals surface area (Å²) in [6, 6.07) is 7.35. The molecule has 0 fully saturated rings. The zero-order chi connectivity index (χ0) is 18.8. The predicted octanol–water partition coefficient (Wildman–Crippen LogP) is 2.72. The Bertz CT molecular complexity index is 839. The number of fused-ring (bicyclic) bond motifs is 2. The summed E-state index contributed by atoms with van der Waals surface area (Å²) < 4.78 is 7.58. The maximum Gasteiger partial charge on any atom is 0.191 e. The minimum absolute atomic E-state index is 0.368. The summed E-state index contributed by atoms with van der Waals surface area (Å²) in [4.78, 5) is 4.40. The fourth-order valence-corrected chi connectivity index (χ4v) is 3.81. The number of ether oxygens (including phenoxy) is 1. The highest BCUT2D eigenvalue weighted by atomic mass is 16.5. The fourth-order valence-electron chi connectivity index (χ4n) is 3.81. The highest BCUT2D eigenvalue weighted by Gasteiger charge is 2.23. The summed E-state index contributed by atoms with van der Waals surface area (Å²) in [5, 5.41) is 11.8. The van der Waals surface area contributed by atoms with Crippen molar-refractivity contribution < 1.29 is 4.74 Å². The molecule has 6 heteroatoms. The van der Waals surface area contributed by atoms with Gasteiger partial charge in [-0.05, 0) is 48.9 Å². The van der Waals surface area contributed by atoms with Crippen molar-refractivity contribution >= 4 is 5.96 Å². The van der Waals surface area contributed by atoms with Crippen molar-refractivity contribution in [1.82, 2.24) is 20.4 Å². The van der Waals surface area contributed by atoms with Crippen molar-refractivity contribution in [3.8, 4) is 0 Å². The number of nitrogens with one attached hydrogen (secondary N) is 2. The number of nitrogens with zero attached hydrogens (tertiary/aromatic N) is 3. The first kappa shape index (κ1) is 18.0. The van der Waals surface area contributed by atoms with Crippen LogP contribution in [0, 0.1) is 0 Å². The molecule has 144 valence electrons. The number of aryl methyl sites for hydroxylation is 1. The normalized spacial score (nSPS) is 19.1. The number of rotatable bonds is 4. The Morgan fingerprint density at radius 1 is 1.30 bits per heavy atom. The Hall–Kier alpha value is -2.34. The summed E-state index contributed by atoms with van der Waals surface area (Å²) in [6.07, 6.45) is 5.34. The van der Waals surface area contributed by atoms with E-state index >= 15 is 0 Å². The van der Waals surface area contributed by atoms with Crippen LogP contribution in [0.5, 0.6) is 0 Å². The smallest absolute Gasteiger partial charge is 0.191 e. The first-order valence-electron chi connectivity index (χ1n) is 9.85. The molecule has 1 aromatic carbocycles. The van der Waals surface area contributed by atoms with Crippen molar-refractivity contribution in [2.45, 2.75) is 65.0 Å². The van der Waals surface area contributed by atoms with Gasteiger partial charge >= 0.3 is 0 Å². The van der Waals surface area contributed by atoms with Gasteiger partial charge in [-0.2, -0.15) is 5.10 Å². The number of aliphatic imine (C=N–C) groups is 1. The average molecular weight is 367 g/mol. The third-order valence-corrected chi connectivity index (χ3v) is 5.44. The molecule has 27 heavy (non-hydrogen) atoms. The summed E-state index contributed by atoms with van der Waals surface area (Å²) in [7, 11) is 1.83. The molecule has 2 aromatic rings. The lowest BCUT2D eigenvalue weighted by Crippen LogP contribution is -2.45. The Labute approximate surface area is 161 Å². The van der Waals surface area contributed by atoms with E-state index in [1.54, 1.807) is 0 Å². The molecule has 1 aliphatic heterocycles. The first-order valence-corrected chi connectivity index (χ1v) is 9.85. The van der Waals surface area contributed by atoms with Gasteiger partial charge in [0.1, 0.15) is 0 Å². The number of benzene rings is 1. The Balaban J connectivity index is 1.34. The molecule has 0 radical (unpaired) electrons. The number of hydrogen-bond acceptors (Lipinski definition) is 3. The highest BCUT2D eigenvalue weighted by molar-refractivity contribution is 5.80. The Kier molecular flexibility index (Phi) is 5.16. The van der Waals surface area contributed by atoms with Crippen LogP contribution in [-0.4, -0.2) is 28.8 Å². The van der Waals surface area contributed by atoms with Crippen LogP contribution in [0.15, 0.2) is 29.4 Å². The molecule has 0 spiro atoms.